The molecular weight excluding hydrogens is 497 g/mol. The zero-order valence-electron chi connectivity index (χ0n) is 19.8. The summed E-state index contributed by atoms with van der Waals surface area (Å²) in [6.07, 6.45) is 2.77. The van der Waals surface area contributed by atoms with Gasteiger partial charge in [0.2, 0.25) is 21.8 Å². The third kappa shape index (κ3) is 7.89. The number of anilines is 1. The van der Waals surface area contributed by atoms with Crippen LogP contribution in [0.25, 0.3) is 0 Å². The van der Waals surface area contributed by atoms with E-state index in [2.05, 4.69) is 5.32 Å². The Hall–Kier alpha value is -2.29. The second-order valence-electron chi connectivity index (χ2n) is 8.18. The average molecular weight is 529 g/mol. The van der Waals surface area contributed by atoms with Gasteiger partial charge in [-0.2, -0.15) is 0 Å². The van der Waals surface area contributed by atoms with Crippen LogP contribution >= 0.6 is 23.2 Å². The summed E-state index contributed by atoms with van der Waals surface area (Å²) in [5.41, 5.74) is 1.92. The molecule has 2 rings (SSSR count). The molecule has 1 N–H and O–H groups in total. The lowest BCUT2D eigenvalue weighted by Crippen LogP contribution is -2.51. The van der Waals surface area contributed by atoms with Gasteiger partial charge < -0.3 is 10.2 Å². The smallest absolute Gasteiger partial charge is 0.244 e. The standard InChI is InChI=1S/C24H31Cl2N3O4S/c1-5-6-13-27-24(31)18(3)28(15-19-9-10-20(25)14-22(19)26)23(30)16-29(34(4,32)33)21-11-7-17(2)8-12-21/h7-12,14,18H,5-6,13,15-16H2,1-4H3,(H,27,31)/t18-/m0/s1. The zero-order chi connectivity index (χ0) is 25.5. The van der Waals surface area contributed by atoms with E-state index in [4.69, 9.17) is 23.2 Å². The molecule has 0 heterocycles. The summed E-state index contributed by atoms with van der Waals surface area (Å²) in [5, 5.41) is 3.62. The maximum atomic E-state index is 13.5. The van der Waals surface area contributed by atoms with Crippen LogP contribution in [0.15, 0.2) is 42.5 Å². The quantitative estimate of drug-likeness (QED) is 0.438. The molecule has 34 heavy (non-hydrogen) atoms. The number of aryl methyl sites for hydroxylation is 1. The van der Waals surface area contributed by atoms with Crippen LogP contribution in [0.1, 0.15) is 37.8 Å². The number of rotatable bonds is 11. The van der Waals surface area contributed by atoms with E-state index in [0.29, 0.717) is 27.8 Å². The van der Waals surface area contributed by atoms with Gasteiger partial charge >= 0.3 is 0 Å². The zero-order valence-corrected chi connectivity index (χ0v) is 22.2. The normalized spacial score (nSPS) is 12.2. The molecular formula is C24H31Cl2N3O4S. The van der Waals surface area contributed by atoms with Crippen molar-refractivity contribution in [3.05, 3.63) is 63.6 Å². The fourth-order valence-corrected chi connectivity index (χ4v) is 4.59. The predicted octanol–water partition coefficient (Wildman–Crippen LogP) is 4.40. The van der Waals surface area contributed by atoms with Crippen LogP contribution < -0.4 is 9.62 Å². The van der Waals surface area contributed by atoms with Crippen LogP contribution in [-0.4, -0.2) is 50.5 Å². The molecule has 0 radical (unpaired) electrons. The molecule has 2 amide bonds. The van der Waals surface area contributed by atoms with Gasteiger partial charge in [-0.1, -0.05) is 60.3 Å². The Morgan fingerprint density at radius 1 is 1.09 bits per heavy atom. The van der Waals surface area contributed by atoms with Crippen LogP contribution in [0, 0.1) is 6.92 Å². The number of nitrogens with one attached hydrogen (secondary N) is 1. The lowest BCUT2D eigenvalue weighted by atomic mass is 10.1. The Balaban J connectivity index is 2.37. The highest BCUT2D eigenvalue weighted by molar-refractivity contribution is 7.92. The van der Waals surface area contributed by atoms with E-state index in [1.165, 1.54) is 4.90 Å². The van der Waals surface area contributed by atoms with E-state index in [0.717, 1.165) is 29.0 Å². The van der Waals surface area contributed by atoms with Gasteiger partial charge in [0.25, 0.3) is 0 Å². The summed E-state index contributed by atoms with van der Waals surface area (Å²) in [4.78, 5) is 27.6. The first-order valence-corrected chi connectivity index (χ1v) is 13.6. The van der Waals surface area contributed by atoms with Crippen molar-refractivity contribution in [2.24, 2.45) is 0 Å². The van der Waals surface area contributed by atoms with E-state index < -0.39 is 28.5 Å². The van der Waals surface area contributed by atoms with Crippen molar-refractivity contribution in [1.82, 2.24) is 10.2 Å². The summed E-state index contributed by atoms with van der Waals surface area (Å²) in [6.45, 7) is 5.55. The van der Waals surface area contributed by atoms with Gasteiger partial charge in [0.1, 0.15) is 12.6 Å². The number of hydrogen-bond acceptors (Lipinski definition) is 4. The first-order chi connectivity index (χ1) is 15.9. The van der Waals surface area contributed by atoms with E-state index in [9.17, 15) is 18.0 Å². The fourth-order valence-electron chi connectivity index (χ4n) is 3.28. The molecule has 0 saturated carbocycles. The Labute approximate surface area is 212 Å². The Kier molecular flexibility index (Phi) is 10.2. The minimum Gasteiger partial charge on any atom is -0.354 e. The van der Waals surface area contributed by atoms with Gasteiger partial charge in [0.15, 0.2) is 0 Å². The largest absolute Gasteiger partial charge is 0.354 e. The van der Waals surface area contributed by atoms with Crippen molar-refractivity contribution in [3.8, 4) is 0 Å². The van der Waals surface area contributed by atoms with Gasteiger partial charge in [-0.05, 0) is 50.1 Å². The molecule has 7 nitrogen and oxygen atoms in total. The number of unbranched alkanes of at least 4 members (excludes halogenated alkanes) is 1. The maximum absolute atomic E-state index is 13.5. The number of nitrogens with zero attached hydrogens (tertiary/aromatic N) is 2. The van der Waals surface area contributed by atoms with E-state index in [1.54, 1.807) is 49.4 Å². The summed E-state index contributed by atoms with van der Waals surface area (Å²) in [7, 11) is -3.77. The van der Waals surface area contributed by atoms with Gasteiger partial charge in [-0.25, -0.2) is 8.42 Å². The lowest BCUT2D eigenvalue weighted by molar-refractivity contribution is -0.139. The molecule has 0 aliphatic carbocycles. The highest BCUT2D eigenvalue weighted by Gasteiger charge is 2.30. The summed E-state index contributed by atoms with van der Waals surface area (Å²) in [6, 6.07) is 10.9. The summed E-state index contributed by atoms with van der Waals surface area (Å²) >= 11 is 12.3. The number of hydrogen-bond donors (Lipinski definition) is 1. The van der Waals surface area contributed by atoms with Crippen LogP contribution in [0.2, 0.25) is 10.0 Å². The number of sulfonamides is 1. The maximum Gasteiger partial charge on any atom is 0.244 e. The number of benzene rings is 2. The first kappa shape index (κ1) is 28.0. The Morgan fingerprint density at radius 3 is 2.29 bits per heavy atom. The number of halogens is 2. The van der Waals surface area contributed by atoms with E-state index in [1.807, 2.05) is 13.8 Å². The highest BCUT2D eigenvalue weighted by atomic mass is 35.5. The van der Waals surface area contributed by atoms with Crippen molar-refractivity contribution < 1.29 is 18.0 Å². The third-order valence-electron chi connectivity index (χ3n) is 5.35. The topological polar surface area (TPSA) is 86.8 Å². The number of carbonyl (C=O) groups is 2. The molecule has 2 aromatic carbocycles. The second-order valence-corrected chi connectivity index (χ2v) is 10.9. The van der Waals surface area contributed by atoms with Crippen LogP contribution in [0.3, 0.4) is 0 Å². The summed E-state index contributed by atoms with van der Waals surface area (Å²) in [5.74, 6) is -0.858. The van der Waals surface area contributed by atoms with Gasteiger partial charge in [-0.15, -0.1) is 0 Å². The Bertz CT molecular complexity index is 1110. The monoisotopic (exact) mass is 527 g/mol. The fraction of sp³-hybridized carbons (Fsp3) is 0.417. The van der Waals surface area contributed by atoms with Gasteiger partial charge in [0.05, 0.1) is 11.9 Å². The molecule has 186 valence electrons. The minimum absolute atomic E-state index is 0.0166. The third-order valence-corrected chi connectivity index (χ3v) is 7.08. The molecule has 2 aromatic rings. The molecule has 0 fully saturated rings. The van der Waals surface area contributed by atoms with Gasteiger partial charge in [0, 0.05) is 23.1 Å². The molecule has 0 aromatic heterocycles. The second kappa shape index (κ2) is 12.4. The van der Waals surface area contributed by atoms with E-state index in [-0.39, 0.29) is 12.5 Å². The predicted molar refractivity (Wildman–Crippen MR) is 138 cm³/mol. The van der Waals surface area contributed by atoms with E-state index >= 15 is 0 Å². The van der Waals surface area contributed by atoms with Gasteiger partial charge in [-0.3, -0.25) is 13.9 Å². The summed E-state index contributed by atoms with van der Waals surface area (Å²) < 4.78 is 26.1. The minimum atomic E-state index is -3.77. The van der Waals surface area contributed by atoms with Crippen molar-refractivity contribution in [1.29, 1.82) is 0 Å². The van der Waals surface area contributed by atoms with Crippen LogP contribution in [0.4, 0.5) is 5.69 Å². The Morgan fingerprint density at radius 2 is 1.74 bits per heavy atom. The average Bonchev–Trinajstić information content (AvgIpc) is 2.76. The number of carbonyl (C=O) groups excluding carboxylic acids is 2. The van der Waals surface area contributed by atoms with Crippen molar-refractivity contribution in [2.75, 3.05) is 23.7 Å². The van der Waals surface area contributed by atoms with Crippen LogP contribution in [0.5, 0.6) is 0 Å². The highest BCUT2D eigenvalue weighted by Crippen LogP contribution is 2.24. The molecule has 0 aliphatic rings. The van der Waals surface area contributed by atoms with Crippen molar-refractivity contribution >= 4 is 50.7 Å². The molecule has 1 atom stereocenters. The SMILES string of the molecule is CCCCNC(=O)[C@H](C)N(Cc1ccc(Cl)cc1Cl)C(=O)CN(c1ccc(C)cc1)S(C)(=O)=O. The number of amides is 2. The molecule has 0 saturated heterocycles. The first-order valence-electron chi connectivity index (χ1n) is 11.0. The molecule has 0 unspecified atom stereocenters. The molecule has 0 spiro atoms. The molecule has 10 heteroatoms. The lowest BCUT2D eigenvalue weighted by Gasteiger charge is -2.31. The van der Waals surface area contributed by atoms with Crippen molar-refractivity contribution in [3.63, 3.8) is 0 Å². The van der Waals surface area contributed by atoms with Crippen LogP contribution in [-0.2, 0) is 26.2 Å². The van der Waals surface area contributed by atoms with Crippen molar-refractivity contribution in [2.45, 2.75) is 46.2 Å². The molecule has 0 aliphatic heterocycles. The molecule has 0 bridgehead atoms.